The first-order chi connectivity index (χ1) is 13.9. The Kier molecular flexibility index (Phi) is 9.20. The first kappa shape index (κ1) is 23.9. The molecule has 156 valence electrons. The van der Waals surface area contributed by atoms with Crippen LogP contribution in [0.5, 0.6) is 11.5 Å². The van der Waals surface area contributed by atoms with E-state index in [4.69, 9.17) is 0 Å². The number of hydrogen-bond donors (Lipinski definition) is 3. The Morgan fingerprint density at radius 3 is 1.76 bits per heavy atom. The minimum absolute atomic E-state index is 0.141. The van der Waals surface area contributed by atoms with Gasteiger partial charge in [0.1, 0.15) is 11.5 Å². The van der Waals surface area contributed by atoms with Gasteiger partial charge in [0.05, 0.1) is 90.9 Å². The number of halogens is 5. The van der Waals surface area contributed by atoms with Gasteiger partial charge in [-0.1, -0.05) is 0 Å². The van der Waals surface area contributed by atoms with Crippen LogP contribution in [0.2, 0.25) is 0 Å². The lowest BCUT2D eigenvalue weighted by Gasteiger charge is -2.17. The van der Waals surface area contributed by atoms with E-state index in [9.17, 15) is 34.4 Å². The number of anilines is 1. The van der Waals surface area contributed by atoms with Crippen molar-refractivity contribution < 1.29 is 34.4 Å². The Balaban J connectivity index is 2.47. The Labute approximate surface area is 183 Å². The molecule has 0 bridgehead atoms. The summed E-state index contributed by atoms with van der Waals surface area (Å²) in [5, 5.41) is 21.0. The van der Waals surface area contributed by atoms with Gasteiger partial charge in [0.2, 0.25) is 5.91 Å². The van der Waals surface area contributed by atoms with Crippen molar-refractivity contribution >= 4 is 78.4 Å². The van der Waals surface area contributed by atoms with Crippen molar-refractivity contribution in [1.29, 1.82) is 0 Å². The topological polar surface area (TPSA) is 69.6 Å². The number of phenols is 2. The lowest BCUT2D eigenvalue weighted by atomic mass is 10.2. The number of carbonyl (C=O) groups excluding carboxylic acids is 1. The van der Waals surface area contributed by atoms with Crippen LogP contribution in [0.3, 0.4) is 0 Å². The van der Waals surface area contributed by atoms with Gasteiger partial charge in [-0.2, -0.15) is 19.4 Å². The van der Waals surface area contributed by atoms with E-state index in [1.54, 1.807) is 0 Å². The SMILES string of the molecule is O=C(C=Cc1ccc(O)cc1O)Nc1c(SF)c(SF)c(SF)c(SF)c1SF. The zero-order chi connectivity index (χ0) is 21.6. The molecule has 1 amide bonds. The van der Waals surface area contributed by atoms with E-state index in [-0.39, 0.29) is 17.1 Å². The highest BCUT2D eigenvalue weighted by Crippen LogP contribution is 2.54. The molecular weight excluding hydrogens is 497 g/mol. The summed E-state index contributed by atoms with van der Waals surface area (Å²) >= 11 is -2.91. The van der Waals surface area contributed by atoms with Crippen LogP contribution in [0, 0.1) is 0 Å². The van der Waals surface area contributed by atoms with Crippen molar-refractivity contribution in [2.24, 2.45) is 0 Å². The number of benzene rings is 2. The molecule has 0 radical (unpaired) electrons. The number of nitrogens with one attached hydrogen (secondary N) is 1. The Morgan fingerprint density at radius 1 is 0.828 bits per heavy atom. The smallest absolute Gasteiger partial charge is 0.248 e. The van der Waals surface area contributed by atoms with Gasteiger partial charge in [0, 0.05) is 17.7 Å². The van der Waals surface area contributed by atoms with Crippen LogP contribution >= 0.6 is 60.7 Å². The number of aromatic hydroxyl groups is 2. The van der Waals surface area contributed by atoms with Crippen LogP contribution in [0.25, 0.3) is 6.08 Å². The predicted octanol–water partition coefficient (Wildman–Crippen LogP) is 7.63. The van der Waals surface area contributed by atoms with E-state index in [1.807, 2.05) is 0 Å². The second kappa shape index (κ2) is 11.2. The van der Waals surface area contributed by atoms with Gasteiger partial charge in [-0.25, -0.2) is 0 Å². The molecule has 0 heterocycles. The van der Waals surface area contributed by atoms with Gasteiger partial charge in [-0.15, -0.1) is 0 Å². The fourth-order valence-electron chi connectivity index (χ4n) is 2.11. The highest BCUT2D eigenvalue weighted by Gasteiger charge is 2.28. The Bertz CT molecular complexity index is 914. The lowest BCUT2D eigenvalue weighted by Crippen LogP contribution is -2.11. The molecule has 0 fully saturated rings. The molecule has 0 aromatic heterocycles. The maximum Gasteiger partial charge on any atom is 0.248 e. The maximum atomic E-state index is 13.4. The molecule has 0 aliphatic heterocycles. The van der Waals surface area contributed by atoms with Crippen molar-refractivity contribution in [3.05, 3.63) is 29.8 Å². The minimum atomic E-state index is -0.951. The zero-order valence-electron chi connectivity index (χ0n) is 13.6. The third-order valence-corrected chi connectivity index (χ3v) is 6.67. The quantitative estimate of drug-likeness (QED) is 0.250. The van der Waals surface area contributed by atoms with E-state index in [0.717, 1.165) is 18.2 Å². The molecule has 0 saturated heterocycles. The molecule has 2 rings (SSSR count). The molecule has 0 aliphatic carbocycles. The van der Waals surface area contributed by atoms with E-state index in [2.05, 4.69) is 5.32 Å². The third-order valence-electron chi connectivity index (χ3n) is 3.34. The molecule has 2 aromatic rings. The van der Waals surface area contributed by atoms with Crippen molar-refractivity contribution in [3.63, 3.8) is 0 Å². The van der Waals surface area contributed by atoms with Crippen LogP contribution < -0.4 is 5.32 Å². The second-order valence-corrected chi connectivity index (χ2v) is 7.78. The van der Waals surface area contributed by atoms with Crippen LogP contribution in [0.15, 0.2) is 48.8 Å². The average molecular weight is 506 g/mol. The lowest BCUT2D eigenvalue weighted by molar-refractivity contribution is -0.111. The standard InChI is InChI=1S/C15H8F5NO3S5/c16-25-11-10(12(26-17)14(28-19)15(29-20)13(11)27-18)21-9(24)4-2-6-1-3-7(22)5-8(6)23/h1-5,22-23H,(H,21,24). The average Bonchev–Trinajstić information content (AvgIpc) is 2.71. The molecule has 0 spiro atoms. The number of amides is 1. The molecule has 29 heavy (non-hydrogen) atoms. The van der Waals surface area contributed by atoms with E-state index in [0.29, 0.717) is 0 Å². The Morgan fingerprint density at radius 2 is 1.31 bits per heavy atom. The van der Waals surface area contributed by atoms with E-state index in [1.165, 1.54) is 12.1 Å². The van der Waals surface area contributed by atoms with Gasteiger partial charge in [0.15, 0.2) is 0 Å². The van der Waals surface area contributed by atoms with Gasteiger partial charge in [0.25, 0.3) is 0 Å². The van der Waals surface area contributed by atoms with E-state index < -0.39 is 96.8 Å². The van der Waals surface area contributed by atoms with Crippen molar-refractivity contribution in [3.8, 4) is 11.5 Å². The van der Waals surface area contributed by atoms with Crippen molar-refractivity contribution in [1.82, 2.24) is 0 Å². The molecule has 2 aromatic carbocycles. The highest BCUT2D eigenvalue weighted by molar-refractivity contribution is 8.00. The van der Waals surface area contributed by atoms with Gasteiger partial charge in [-0.3, -0.25) is 4.79 Å². The zero-order valence-corrected chi connectivity index (χ0v) is 17.7. The summed E-state index contributed by atoms with van der Waals surface area (Å²) in [5.41, 5.74) is -0.435. The first-order valence-corrected chi connectivity index (χ1v) is 10.7. The van der Waals surface area contributed by atoms with Gasteiger partial charge >= 0.3 is 0 Å². The summed E-state index contributed by atoms with van der Waals surface area (Å²) in [6.45, 7) is 0. The van der Waals surface area contributed by atoms with E-state index >= 15 is 0 Å². The highest BCUT2D eigenvalue weighted by atomic mass is 32.2. The van der Waals surface area contributed by atoms with Crippen molar-refractivity contribution in [2.45, 2.75) is 24.5 Å². The summed E-state index contributed by atoms with van der Waals surface area (Å²) in [7, 11) is 0. The van der Waals surface area contributed by atoms with Gasteiger partial charge < -0.3 is 15.5 Å². The molecule has 0 aliphatic rings. The largest absolute Gasteiger partial charge is 0.508 e. The minimum Gasteiger partial charge on any atom is -0.508 e. The Hall–Kier alpha value is -1.35. The molecule has 0 unspecified atom stereocenters. The summed E-state index contributed by atoms with van der Waals surface area (Å²) in [5.74, 6) is -1.50. The fourth-order valence-corrected chi connectivity index (χ4v) is 4.97. The molecule has 14 heteroatoms. The third kappa shape index (κ3) is 5.42. The van der Waals surface area contributed by atoms with Crippen LogP contribution in [0.4, 0.5) is 25.1 Å². The molecular formula is C15H8F5NO3S5. The molecule has 0 atom stereocenters. The molecule has 0 saturated carbocycles. The summed E-state index contributed by atoms with van der Waals surface area (Å²) in [6.07, 6.45) is 2.02. The molecule has 3 N–H and O–H groups in total. The van der Waals surface area contributed by atoms with Gasteiger partial charge in [-0.05, 0) is 18.2 Å². The molecule has 4 nitrogen and oxygen atoms in total. The normalized spacial score (nSPS) is 11.2. The first-order valence-electron chi connectivity index (χ1n) is 7.09. The monoisotopic (exact) mass is 505 g/mol. The number of hydrogen-bond acceptors (Lipinski definition) is 8. The fraction of sp³-hybridized carbons (Fsp3) is 0. The second-order valence-electron chi connectivity index (χ2n) is 4.97. The summed E-state index contributed by atoms with van der Waals surface area (Å²) < 4.78 is 66.6. The number of carbonyl (C=O) groups is 1. The summed E-state index contributed by atoms with van der Waals surface area (Å²) in [4.78, 5) is 8.94. The van der Waals surface area contributed by atoms with Crippen molar-refractivity contribution in [2.75, 3.05) is 5.32 Å². The maximum absolute atomic E-state index is 13.4. The number of phenolic OH excluding ortho intramolecular Hbond substituents is 2. The number of rotatable bonds is 8. The summed E-state index contributed by atoms with van der Waals surface area (Å²) in [6, 6.07) is 3.56. The van der Waals surface area contributed by atoms with Crippen LogP contribution in [0.1, 0.15) is 5.56 Å². The van der Waals surface area contributed by atoms with Crippen LogP contribution in [-0.2, 0) is 4.79 Å². The predicted molar refractivity (Wildman–Crippen MR) is 109 cm³/mol. The van der Waals surface area contributed by atoms with Crippen LogP contribution in [-0.4, -0.2) is 16.1 Å².